The number of nitriles is 1. The van der Waals surface area contributed by atoms with Crippen LogP contribution in [0, 0.1) is 11.3 Å². The van der Waals surface area contributed by atoms with Gasteiger partial charge in [-0.15, -0.1) is 0 Å². The molecule has 0 aromatic heterocycles. The number of carbonyl (C=O) groups excluding carboxylic acids is 1. The van der Waals surface area contributed by atoms with Crippen LogP contribution in [0.2, 0.25) is 0 Å². The number of nitrogens with zero attached hydrogens (tertiary/aromatic N) is 1. The summed E-state index contributed by atoms with van der Waals surface area (Å²) in [4.78, 5) is 10.7. The Bertz CT molecular complexity index is 175. The first-order valence-electron chi connectivity index (χ1n) is 3.70. The Morgan fingerprint density at radius 2 is 2.64 bits per heavy atom. The van der Waals surface area contributed by atoms with Gasteiger partial charge in [0.15, 0.2) is 0 Å². The van der Waals surface area contributed by atoms with Crippen LogP contribution in [0.25, 0.3) is 0 Å². The van der Waals surface area contributed by atoms with E-state index in [1.807, 2.05) is 6.07 Å². The highest BCUT2D eigenvalue weighted by Gasteiger charge is 2.16. The molecule has 1 amide bonds. The zero-order valence-corrected chi connectivity index (χ0v) is 6.26. The molecule has 0 aromatic rings. The van der Waals surface area contributed by atoms with Crippen molar-refractivity contribution >= 4 is 5.91 Å². The van der Waals surface area contributed by atoms with E-state index in [1.54, 1.807) is 0 Å². The summed E-state index contributed by atoms with van der Waals surface area (Å²) < 4.78 is 0. The van der Waals surface area contributed by atoms with Gasteiger partial charge in [-0.1, -0.05) is 0 Å². The first kappa shape index (κ1) is 8.02. The van der Waals surface area contributed by atoms with Crippen LogP contribution in [-0.2, 0) is 4.79 Å². The molecule has 0 aliphatic carbocycles. The van der Waals surface area contributed by atoms with Gasteiger partial charge in [0.1, 0.15) is 0 Å². The number of piperidine rings is 1. The molecule has 60 valence electrons. The Kier molecular flexibility index (Phi) is 2.87. The average Bonchev–Trinajstić information content (AvgIpc) is 2.04. The van der Waals surface area contributed by atoms with Crippen LogP contribution >= 0.6 is 0 Å². The third-order valence-electron chi connectivity index (χ3n) is 1.74. The summed E-state index contributed by atoms with van der Waals surface area (Å²) >= 11 is 0. The molecular weight excluding hydrogens is 142 g/mol. The van der Waals surface area contributed by atoms with Crippen LogP contribution in [0.4, 0.5) is 0 Å². The second-order valence-electron chi connectivity index (χ2n) is 2.58. The fourth-order valence-electron chi connectivity index (χ4n) is 1.10. The minimum atomic E-state index is 0.111. The normalized spacial score (nSPS) is 23.9. The number of nitrogens with one attached hydrogen (secondary N) is 2. The van der Waals surface area contributed by atoms with Crippen molar-refractivity contribution in [1.82, 2.24) is 10.6 Å². The summed E-state index contributed by atoms with van der Waals surface area (Å²) in [6, 6.07) is 2.29. The lowest BCUT2D eigenvalue weighted by molar-refractivity contribution is -0.122. The van der Waals surface area contributed by atoms with Gasteiger partial charge in [-0.3, -0.25) is 10.1 Å². The Labute approximate surface area is 65.6 Å². The maximum Gasteiger partial charge on any atom is 0.220 e. The molecule has 4 heteroatoms. The van der Waals surface area contributed by atoms with Gasteiger partial charge in [0.25, 0.3) is 0 Å². The molecular formula is C7H11N3O. The predicted molar refractivity (Wildman–Crippen MR) is 39.6 cm³/mol. The van der Waals surface area contributed by atoms with Crippen molar-refractivity contribution in [2.45, 2.75) is 18.9 Å². The van der Waals surface area contributed by atoms with Crippen molar-refractivity contribution in [3.8, 4) is 6.07 Å². The molecule has 1 rings (SSSR count). The van der Waals surface area contributed by atoms with Crippen molar-refractivity contribution in [2.24, 2.45) is 0 Å². The molecule has 0 spiro atoms. The second kappa shape index (κ2) is 3.94. The Balaban J connectivity index is 2.18. The van der Waals surface area contributed by atoms with Crippen molar-refractivity contribution in [3.05, 3.63) is 0 Å². The zero-order chi connectivity index (χ0) is 8.10. The lowest BCUT2D eigenvalue weighted by Gasteiger charge is -2.22. The third-order valence-corrected chi connectivity index (χ3v) is 1.74. The SMILES string of the molecule is N#CCNC1CCC(=O)NC1. The van der Waals surface area contributed by atoms with Crippen LogP contribution in [0.5, 0.6) is 0 Å². The van der Waals surface area contributed by atoms with Crippen LogP contribution in [0.3, 0.4) is 0 Å². The Morgan fingerprint density at radius 3 is 3.18 bits per heavy atom. The predicted octanol–water partition coefficient (Wildman–Crippen LogP) is -0.622. The van der Waals surface area contributed by atoms with Gasteiger partial charge < -0.3 is 5.32 Å². The molecule has 4 nitrogen and oxygen atoms in total. The van der Waals surface area contributed by atoms with E-state index in [4.69, 9.17) is 5.26 Å². The van der Waals surface area contributed by atoms with E-state index in [2.05, 4.69) is 10.6 Å². The highest BCUT2D eigenvalue weighted by molar-refractivity contribution is 5.76. The monoisotopic (exact) mass is 153 g/mol. The summed E-state index contributed by atoms with van der Waals surface area (Å²) in [5.41, 5.74) is 0. The summed E-state index contributed by atoms with van der Waals surface area (Å²) in [7, 11) is 0. The maximum atomic E-state index is 10.7. The van der Waals surface area contributed by atoms with Gasteiger partial charge >= 0.3 is 0 Å². The van der Waals surface area contributed by atoms with Gasteiger partial charge in [0, 0.05) is 19.0 Å². The Morgan fingerprint density at radius 1 is 1.82 bits per heavy atom. The molecule has 0 radical (unpaired) electrons. The topological polar surface area (TPSA) is 64.9 Å². The van der Waals surface area contributed by atoms with Crippen LogP contribution in [0.1, 0.15) is 12.8 Å². The lowest BCUT2D eigenvalue weighted by atomic mass is 10.1. The van der Waals surface area contributed by atoms with Crippen molar-refractivity contribution in [3.63, 3.8) is 0 Å². The first-order valence-corrected chi connectivity index (χ1v) is 3.70. The van der Waals surface area contributed by atoms with E-state index in [-0.39, 0.29) is 11.9 Å². The number of rotatable bonds is 2. The largest absolute Gasteiger partial charge is 0.355 e. The number of hydrogen-bond acceptors (Lipinski definition) is 3. The number of amides is 1. The van der Waals surface area contributed by atoms with Crippen LogP contribution in [0.15, 0.2) is 0 Å². The van der Waals surface area contributed by atoms with E-state index in [9.17, 15) is 4.79 Å². The van der Waals surface area contributed by atoms with Gasteiger partial charge in [-0.2, -0.15) is 5.26 Å². The highest BCUT2D eigenvalue weighted by atomic mass is 16.1. The van der Waals surface area contributed by atoms with Gasteiger partial charge in [-0.25, -0.2) is 0 Å². The van der Waals surface area contributed by atoms with E-state index in [0.29, 0.717) is 19.5 Å². The highest BCUT2D eigenvalue weighted by Crippen LogP contribution is 2.01. The molecule has 1 atom stereocenters. The molecule has 0 bridgehead atoms. The summed E-state index contributed by atoms with van der Waals surface area (Å²) in [6.07, 6.45) is 1.41. The molecule has 0 aromatic carbocycles. The zero-order valence-electron chi connectivity index (χ0n) is 6.26. The van der Waals surface area contributed by atoms with Gasteiger partial charge in [0.05, 0.1) is 12.6 Å². The van der Waals surface area contributed by atoms with Crippen molar-refractivity contribution in [1.29, 1.82) is 5.26 Å². The quantitative estimate of drug-likeness (QED) is 0.519. The van der Waals surface area contributed by atoms with E-state index >= 15 is 0 Å². The molecule has 1 aliphatic rings. The van der Waals surface area contributed by atoms with Crippen LogP contribution in [-0.4, -0.2) is 25.0 Å². The summed E-state index contributed by atoms with van der Waals surface area (Å²) in [6.45, 7) is 1.01. The molecule has 1 heterocycles. The third kappa shape index (κ3) is 2.56. The smallest absolute Gasteiger partial charge is 0.220 e. The summed E-state index contributed by atoms with van der Waals surface area (Å²) in [5.74, 6) is 0.111. The second-order valence-corrected chi connectivity index (χ2v) is 2.58. The average molecular weight is 153 g/mol. The minimum Gasteiger partial charge on any atom is -0.355 e. The van der Waals surface area contributed by atoms with E-state index in [1.165, 1.54) is 0 Å². The maximum absolute atomic E-state index is 10.7. The van der Waals surface area contributed by atoms with E-state index < -0.39 is 0 Å². The van der Waals surface area contributed by atoms with Crippen molar-refractivity contribution < 1.29 is 4.79 Å². The molecule has 1 fully saturated rings. The van der Waals surface area contributed by atoms with E-state index in [0.717, 1.165) is 6.42 Å². The van der Waals surface area contributed by atoms with Gasteiger partial charge in [0.2, 0.25) is 5.91 Å². The molecule has 1 unspecified atom stereocenters. The fraction of sp³-hybridized carbons (Fsp3) is 0.714. The summed E-state index contributed by atoms with van der Waals surface area (Å²) in [5, 5.41) is 14.0. The molecule has 1 saturated heterocycles. The lowest BCUT2D eigenvalue weighted by Crippen LogP contribution is -2.45. The molecule has 2 N–H and O–H groups in total. The fourth-order valence-corrected chi connectivity index (χ4v) is 1.10. The molecule has 11 heavy (non-hydrogen) atoms. The van der Waals surface area contributed by atoms with Gasteiger partial charge in [-0.05, 0) is 6.42 Å². The standard InChI is InChI=1S/C7H11N3O/c8-3-4-9-6-1-2-7(11)10-5-6/h6,9H,1-2,4-5H2,(H,10,11). The first-order chi connectivity index (χ1) is 5.33. The van der Waals surface area contributed by atoms with Crippen molar-refractivity contribution in [2.75, 3.05) is 13.1 Å². The molecule has 1 aliphatic heterocycles. The molecule has 0 saturated carbocycles. The minimum absolute atomic E-state index is 0.111. The van der Waals surface area contributed by atoms with Crippen LogP contribution < -0.4 is 10.6 Å². The number of hydrogen-bond donors (Lipinski definition) is 2. The number of carbonyl (C=O) groups is 1. The Hall–Kier alpha value is -1.08.